The van der Waals surface area contributed by atoms with Gasteiger partial charge < -0.3 is 19.6 Å². The van der Waals surface area contributed by atoms with Gasteiger partial charge in [0.1, 0.15) is 6.04 Å². The number of alkyl halides is 1. The van der Waals surface area contributed by atoms with E-state index in [0.29, 0.717) is 32.4 Å². The fourth-order valence-electron chi connectivity index (χ4n) is 6.76. The Bertz CT molecular complexity index is 1160. The van der Waals surface area contributed by atoms with E-state index in [2.05, 4.69) is 29.1 Å². The van der Waals surface area contributed by atoms with Gasteiger partial charge in [0.25, 0.3) is 5.91 Å². The van der Waals surface area contributed by atoms with Crippen molar-refractivity contribution in [2.24, 2.45) is 11.8 Å². The second kappa shape index (κ2) is 13.9. The number of fused-ring (bicyclic) bond motifs is 1. The summed E-state index contributed by atoms with van der Waals surface area (Å²) < 4.78 is 4.98. The van der Waals surface area contributed by atoms with Crippen LogP contribution in [0.1, 0.15) is 56.1 Å². The molecule has 2 bridgehead atoms. The van der Waals surface area contributed by atoms with Crippen LogP contribution in [0.2, 0.25) is 0 Å². The van der Waals surface area contributed by atoms with Gasteiger partial charge in [-0.2, -0.15) is 0 Å². The molecule has 0 aromatic heterocycles. The molecule has 6 atom stereocenters. The largest absolute Gasteiger partial charge is 0.465 e. The van der Waals surface area contributed by atoms with Crippen molar-refractivity contribution in [3.63, 3.8) is 0 Å². The molecule has 3 saturated heterocycles. The standard InChI is InChI=1S/C32H43BrN2O5S/c1-5-7-12-18-40-31(39)25-26-29(37)35(16-10-8-9-11-17-36)28(32(26)20-23(33)27(25)41-32)30(38)34(15-6-2)24-19-21(3)13-14-22(24)4/h5-6,13-14,19,23,25-28,36H,1-2,7-12,15-18,20H2,3-4H3/t23?,25-,26+,27-,28?,32?/m1/s1. The van der Waals surface area contributed by atoms with E-state index in [0.717, 1.165) is 42.5 Å². The summed E-state index contributed by atoms with van der Waals surface area (Å²) in [5.74, 6) is -1.79. The van der Waals surface area contributed by atoms with E-state index in [1.165, 1.54) is 0 Å². The first-order chi connectivity index (χ1) is 19.7. The molecule has 3 aliphatic rings. The zero-order valence-corrected chi connectivity index (χ0v) is 26.6. The van der Waals surface area contributed by atoms with E-state index in [-0.39, 0.29) is 41.1 Å². The van der Waals surface area contributed by atoms with Crippen molar-refractivity contribution >= 4 is 51.2 Å². The molecule has 1 aromatic carbocycles. The van der Waals surface area contributed by atoms with Gasteiger partial charge in [-0.25, -0.2) is 0 Å². The molecule has 3 fully saturated rings. The number of aliphatic hydroxyl groups excluding tert-OH is 1. The highest BCUT2D eigenvalue weighted by atomic mass is 79.9. The molecule has 3 aliphatic heterocycles. The van der Waals surface area contributed by atoms with Crippen LogP contribution in [0.4, 0.5) is 5.69 Å². The molecule has 4 rings (SSSR count). The third kappa shape index (κ3) is 6.18. The number of allylic oxidation sites excluding steroid dienone is 1. The van der Waals surface area contributed by atoms with Crippen LogP contribution >= 0.6 is 27.7 Å². The van der Waals surface area contributed by atoms with Crippen LogP contribution < -0.4 is 4.90 Å². The number of hydrogen-bond acceptors (Lipinski definition) is 6. The molecule has 9 heteroatoms. The topological polar surface area (TPSA) is 87.2 Å². The average molecular weight is 648 g/mol. The van der Waals surface area contributed by atoms with Crippen LogP contribution in [0.25, 0.3) is 0 Å². The SMILES string of the molecule is C=CCCCOC(=O)[C@H]1[C@@H]2SC3(CC2Br)C(C(=O)N(CC=C)c2cc(C)ccc2C)N(CCCCCCO)C(=O)[C@H]13. The number of rotatable bonds is 15. The highest BCUT2D eigenvalue weighted by Crippen LogP contribution is 2.68. The van der Waals surface area contributed by atoms with E-state index in [9.17, 15) is 19.5 Å². The molecule has 7 nitrogen and oxygen atoms in total. The Hall–Kier alpha value is -2.10. The number of aliphatic hydroxyl groups is 1. The minimum Gasteiger partial charge on any atom is -0.465 e. The first kappa shape index (κ1) is 31.8. The van der Waals surface area contributed by atoms with Gasteiger partial charge in [-0.3, -0.25) is 14.4 Å². The average Bonchev–Trinajstić information content (AvgIpc) is 3.54. The Kier molecular flexibility index (Phi) is 10.8. The number of anilines is 1. The molecular formula is C32H43BrN2O5S. The Morgan fingerprint density at radius 1 is 1.20 bits per heavy atom. The molecule has 0 aliphatic carbocycles. The van der Waals surface area contributed by atoms with E-state index in [4.69, 9.17) is 4.74 Å². The molecule has 3 heterocycles. The van der Waals surface area contributed by atoms with Gasteiger partial charge in [0.2, 0.25) is 5.91 Å². The Labute approximate surface area is 256 Å². The molecular weight excluding hydrogens is 604 g/mol. The molecule has 0 radical (unpaired) electrons. The fourth-order valence-corrected chi connectivity index (χ4v) is 10.4. The van der Waals surface area contributed by atoms with Crippen molar-refractivity contribution < 1.29 is 24.2 Å². The first-order valence-electron chi connectivity index (χ1n) is 14.7. The summed E-state index contributed by atoms with van der Waals surface area (Å²) in [6, 6.07) is 5.34. The zero-order chi connectivity index (χ0) is 29.7. The molecule has 0 saturated carbocycles. The number of benzene rings is 1. The summed E-state index contributed by atoms with van der Waals surface area (Å²) in [5, 5.41) is 9.06. The summed E-state index contributed by atoms with van der Waals surface area (Å²) in [7, 11) is 0. The number of ether oxygens (including phenoxy) is 1. The smallest absolute Gasteiger partial charge is 0.310 e. The van der Waals surface area contributed by atoms with Gasteiger partial charge in [0.15, 0.2) is 0 Å². The third-order valence-corrected chi connectivity index (χ3v) is 11.9. The van der Waals surface area contributed by atoms with Gasteiger partial charge in [-0.05, 0) is 63.1 Å². The number of amides is 2. The lowest BCUT2D eigenvalue weighted by Crippen LogP contribution is -2.55. The Balaban J connectivity index is 1.71. The number of aryl methyl sites for hydroxylation is 2. The van der Waals surface area contributed by atoms with Gasteiger partial charge in [-0.15, -0.1) is 24.9 Å². The highest BCUT2D eigenvalue weighted by Gasteiger charge is 2.76. The summed E-state index contributed by atoms with van der Waals surface area (Å²) in [6.07, 6.45) is 8.74. The predicted octanol–water partition coefficient (Wildman–Crippen LogP) is 5.35. The second-order valence-corrected chi connectivity index (χ2v) is 14.2. The monoisotopic (exact) mass is 646 g/mol. The minimum atomic E-state index is -0.722. The zero-order valence-electron chi connectivity index (χ0n) is 24.2. The number of nitrogens with zero attached hydrogens (tertiary/aromatic N) is 2. The van der Waals surface area contributed by atoms with Crippen LogP contribution in [-0.2, 0) is 19.1 Å². The molecule has 1 spiro atoms. The van der Waals surface area contributed by atoms with E-state index >= 15 is 0 Å². The van der Waals surface area contributed by atoms with Crippen LogP contribution in [0, 0.1) is 25.7 Å². The molecule has 1 aromatic rings. The van der Waals surface area contributed by atoms with E-state index < -0.39 is 22.6 Å². The molecule has 3 unspecified atom stereocenters. The maximum absolute atomic E-state index is 14.7. The number of esters is 1. The number of likely N-dealkylation sites (tertiary alicyclic amines) is 1. The van der Waals surface area contributed by atoms with Crippen molar-refractivity contribution in [2.75, 3.05) is 31.2 Å². The summed E-state index contributed by atoms with van der Waals surface area (Å²) in [6.45, 7) is 12.8. The molecule has 2 amide bonds. The van der Waals surface area contributed by atoms with Crippen LogP contribution in [-0.4, -0.2) is 75.0 Å². The first-order valence-corrected chi connectivity index (χ1v) is 16.5. The summed E-state index contributed by atoms with van der Waals surface area (Å²) in [4.78, 5) is 46.1. The van der Waals surface area contributed by atoms with Gasteiger partial charge in [0.05, 0.1) is 23.2 Å². The van der Waals surface area contributed by atoms with Gasteiger partial charge >= 0.3 is 5.97 Å². The third-order valence-electron chi connectivity index (χ3n) is 8.63. The number of halogens is 1. The van der Waals surface area contributed by atoms with Crippen molar-refractivity contribution in [3.05, 3.63) is 54.6 Å². The summed E-state index contributed by atoms with van der Waals surface area (Å²) >= 11 is 5.46. The molecule has 1 N–H and O–H groups in total. The van der Waals surface area contributed by atoms with Crippen molar-refractivity contribution in [1.82, 2.24) is 4.90 Å². The Morgan fingerprint density at radius 3 is 2.66 bits per heavy atom. The fraction of sp³-hybridized carbons (Fsp3) is 0.594. The van der Waals surface area contributed by atoms with E-state index in [1.807, 2.05) is 32.0 Å². The second-order valence-electron chi connectivity index (χ2n) is 11.5. The number of hydrogen-bond donors (Lipinski definition) is 1. The lowest BCUT2D eigenvalue weighted by molar-refractivity contribution is -0.154. The maximum atomic E-state index is 14.7. The number of carbonyl (C=O) groups excluding carboxylic acids is 3. The lowest BCUT2D eigenvalue weighted by atomic mass is 9.71. The molecule has 41 heavy (non-hydrogen) atoms. The van der Waals surface area contributed by atoms with Crippen molar-refractivity contribution in [1.29, 1.82) is 0 Å². The number of carbonyl (C=O) groups is 3. The predicted molar refractivity (Wildman–Crippen MR) is 168 cm³/mol. The summed E-state index contributed by atoms with van der Waals surface area (Å²) in [5.41, 5.74) is 2.83. The van der Waals surface area contributed by atoms with E-state index in [1.54, 1.807) is 33.7 Å². The lowest BCUT2D eigenvalue weighted by Gasteiger charge is -2.38. The normalized spacial score (nSPS) is 28.0. The van der Waals surface area contributed by atoms with Crippen LogP contribution in [0.3, 0.4) is 0 Å². The van der Waals surface area contributed by atoms with Gasteiger partial charge in [-0.1, -0.05) is 53.1 Å². The Morgan fingerprint density at radius 2 is 1.95 bits per heavy atom. The molecule has 224 valence electrons. The van der Waals surface area contributed by atoms with Gasteiger partial charge in [0, 0.05) is 35.5 Å². The van der Waals surface area contributed by atoms with Crippen molar-refractivity contribution in [3.8, 4) is 0 Å². The van der Waals surface area contributed by atoms with Crippen LogP contribution in [0.15, 0.2) is 43.5 Å². The minimum absolute atomic E-state index is 0.00404. The maximum Gasteiger partial charge on any atom is 0.310 e. The number of unbranched alkanes of at least 4 members (excludes halogenated alkanes) is 4. The highest BCUT2D eigenvalue weighted by molar-refractivity contribution is 9.09. The quantitative estimate of drug-likeness (QED) is 0.120. The number of thioether (sulfide) groups is 1. The van der Waals surface area contributed by atoms with Crippen LogP contribution in [0.5, 0.6) is 0 Å². The van der Waals surface area contributed by atoms with Crippen molar-refractivity contribution in [2.45, 2.75) is 79.7 Å².